The number of hydrogen-bond acceptors (Lipinski definition) is 2. The molecule has 0 N–H and O–H groups in total. The molecule has 0 aliphatic heterocycles. The molecule has 0 aliphatic carbocycles. The van der Waals surface area contributed by atoms with E-state index in [2.05, 4.69) is 9.97 Å². The van der Waals surface area contributed by atoms with Gasteiger partial charge in [0.2, 0.25) is 0 Å². The zero-order valence-corrected chi connectivity index (χ0v) is 8.58. The highest BCUT2D eigenvalue weighted by atomic mass is 35.5. The van der Waals surface area contributed by atoms with Gasteiger partial charge in [-0.15, -0.1) is 11.6 Å². The molecule has 0 amide bonds. The fourth-order valence-corrected chi connectivity index (χ4v) is 1.46. The Labute approximate surface area is 91.8 Å². The first-order valence-electron chi connectivity index (χ1n) is 4.42. The second-order valence-electron chi connectivity index (χ2n) is 3.02. The number of hydrogen-bond donors (Lipinski definition) is 0. The highest BCUT2D eigenvalue weighted by Gasteiger charge is 2.05. The minimum Gasteiger partial charge on any atom is -0.265 e. The largest absolute Gasteiger partial charge is 0.265 e. The van der Waals surface area contributed by atoms with Crippen LogP contribution in [0.1, 0.15) is 5.69 Å². The second kappa shape index (κ2) is 4.36. The zero-order chi connectivity index (χ0) is 10.7. The molecule has 0 atom stereocenters. The summed E-state index contributed by atoms with van der Waals surface area (Å²) in [6.45, 7) is 0. The van der Waals surface area contributed by atoms with Crippen molar-refractivity contribution in [3.63, 3.8) is 0 Å². The van der Waals surface area contributed by atoms with E-state index in [1.165, 1.54) is 6.07 Å². The molecule has 2 aromatic rings. The molecule has 76 valence electrons. The van der Waals surface area contributed by atoms with Crippen LogP contribution in [-0.4, -0.2) is 9.97 Å². The van der Waals surface area contributed by atoms with Gasteiger partial charge in [-0.3, -0.25) is 9.97 Å². The molecule has 0 aromatic carbocycles. The van der Waals surface area contributed by atoms with Crippen molar-refractivity contribution in [2.24, 2.45) is 0 Å². The van der Waals surface area contributed by atoms with E-state index >= 15 is 0 Å². The van der Waals surface area contributed by atoms with Crippen molar-refractivity contribution in [1.29, 1.82) is 0 Å². The minimum atomic E-state index is -0.376. The van der Waals surface area contributed by atoms with Crippen LogP contribution in [0.2, 0.25) is 0 Å². The SMILES string of the molecule is Fc1cc(-c2ccncc2)cnc1CCl. The number of rotatable bonds is 2. The molecule has 0 aliphatic rings. The summed E-state index contributed by atoms with van der Waals surface area (Å²) >= 11 is 5.52. The standard InChI is InChI=1S/C11H8ClFN2/c12-6-11-10(13)5-9(7-15-11)8-1-3-14-4-2-8/h1-5,7H,6H2. The van der Waals surface area contributed by atoms with Gasteiger partial charge in [-0.2, -0.15) is 0 Å². The third-order valence-corrected chi connectivity index (χ3v) is 2.31. The molecular formula is C11H8ClFN2. The van der Waals surface area contributed by atoms with Crippen molar-refractivity contribution in [3.8, 4) is 11.1 Å². The summed E-state index contributed by atoms with van der Waals surface area (Å²) in [5, 5.41) is 0. The van der Waals surface area contributed by atoms with Crippen LogP contribution in [0.5, 0.6) is 0 Å². The molecule has 0 saturated carbocycles. The van der Waals surface area contributed by atoms with Gasteiger partial charge in [0, 0.05) is 24.2 Å². The smallest absolute Gasteiger partial charge is 0.146 e. The molecule has 0 bridgehead atoms. The quantitative estimate of drug-likeness (QED) is 0.730. The van der Waals surface area contributed by atoms with Crippen LogP contribution in [0.3, 0.4) is 0 Å². The topological polar surface area (TPSA) is 25.8 Å². The summed E-state index contributed by atoms with van der Waals surface area (Å²) < 4.78 is 13.4. The van der Waals surface area contributed by atoms with Crippen molar-refractivity contribution in [1.82, 2.24) is 9.97 Å². The first-order valence-corrected chi connectivity index (χ1v) is 4.95. The van der Waals surface area contributed by atoms with Crippen LogP contribution in [0.25, 0.3) is 11.1 Å². The van der Waals surface area contributed by atoms with Gasteiger partial charge in [0.15, 0.2) is 0 Å². The molecule has 2 rings (SSSR count). The Morgan fingerprint density at radius 3 is 2.53 bits per heavy atom. The molecule has 2 heterocycles. The van der Waals surface area contributed by atoms with Gasteiger partial charge in [-0.05, 0) is 23.8 Å². The maximum Gasteiger partial charge on any atom is 0.146 e. The van der Waals surface area contributed by atoms with Gasteiger partial charge in [-0.1, -0.05) is 0 Å². The Morgan fingerprint density at radius 1 is 1.20 bits per heavy atom. The summed E-state index contributed by atoms with van der Waals surface area (Å²) in [5.41, 5.74) is 1.88. The summed E-state index contributed by atoms with van der Waals surface area (Å²) in [5.74, 6) is -0.290. The third-order valence-electron chi connectivity index (χ3n) is 2.06. The normalized spacial score (nSPS) is 10.3. The predicted molar refractivity (Wildman–Crippen MR) is 57.0 cm³/mol. The lowest BCUT2D eigenvalue weighted by atomic mass is 10.1. The van der Waals surface area contributed by atoms with Crippen molar-refractivity contribution in [2.75, 3.05) is 0 Å². The Morgan fingerprint density at radius 2 is 1.93 bits per heavy atom. The molecule has 2 aromatic heterocycles. The van der Waals surface area contributed by atoms with Crippen LogP contribution in [0, 0.1) is 5.82 Å². The van der Waals surface area contributed by atoms with Gasteiger partial charge in [0.1, 0.15) is 5.82 Å². The molecule has 0 unspecified atom stereocenters. The van der Waals surface area contributed by atoms with Gasteiger partial charge < -0.3 is 0 Å². The molecule has 0 saturated heterocycles. The lowest BCUT2D eigenvalue weighted by Gasteiger charge is -2.02. The van der Waals surface area contributed by atoms with Crippen LogP contribution in [0.15, 0.2) is 36.8 Å². The minimum absolute atomic E-state index is 0.0858. The summed E-state index contributed by atoms with van der Waals surface area (Å²) in [6.07, 6.45) is 4.92. The predicted octanol–water partition coefficient (Wildman–Crippen LogP) is 3.02. The fraction of sp³-hybridized carbons (Fsp3) is 0.0909. The Bertz CT molecular complexity index is 459. The summed E-state index contributed by atoms with van der Waals surface area (Å²) in [4.78, 5) is 7.84. The Balaban J connectivity index is 2.43. The van der Waals surface area contributed by atoms with Crippen molar-refractivity contribution in [2.45, 2.75) is 5.88 Å². The molecule has 4 heteroatoms. The van der Waals surface area contributed by atoms with Gasteiger partial charge in [-0.25, -0.2) is 4.39 Å². The highest BCUT2D eigenvalue weighted by molar-refractivity contribution is 6.16. The van der Waals surface area contributed by atoms with E-state index in [0.717, 1.165) is 11.1 Å². The second-order valence-corrected chi connectivity index (χ2v) is 3.29. The number of alkyl halides is 1. The summed E-state index contributed by atoms with van der Waals surface area (Å²) in [6, 6.07) is 5.04. The van der Waals surface area contributed by atoms with Gasteiger partial charge in [0.05, 0.1) is 11.6 Å². The monoisotopic (exact) mass is 222 g/mol. The molecule has 15 heavy (non-hydrogen) atoms. The van der Waals surface area contributed by atoms with E-state index in [1.807, 2.05) is 0 Å². The first kappa shape index (κ1) is 10.1. The fourth-order valence-electron chi connectivity index (χ4n) is 1.27. The zero-order valence-electron chi connectivity index (χ0n) is 7.82. The van der Waals surface area contributed by atoms with Crippen LogP contribution >= 0.6 is 11.6 Å². The van der Waals surface area contributed by atoms with Crippen molar-refractivity contribution in [3.05, 3.63) is 48.3 Å². The third kappa shape index (κ3) is 2.13. The molecule has 0 fully saturated rings. The van der Waals surface area contributed by atoms with Crippen molar-refractivity contribution < 1.29 is 4.39 Å². The van der Waals surface area contributed by atoms with E-state index in [0.29, 0.717) is 0 Å². The first-order chi connectivity index (χ1) is 7.31. The lowest BCUT2D eigenvalue weighted by Crippen LogP contribution is -1.92. The Hall–Kier alpha value is -1.48. The van der Waals surface area contributed by atoms with Crippen LogP contribution in [0.4, 0.5) is 4.39 Å². The lowest BCUT2D eigenvalue weighted by molar-refractivity contribution is 0.608. The maximum atomic E-state index is 13.4. The number of aromatic nitrogens is 2. The Kier molecular flexibility index (Phi) is 2.92. The average Bonchev–Trinajstić information content (AvgIpc) is 2.30. The number of pyridine rings is 2. The summed E-state index contributed by atoms with van der Waals surface area (Å²) in [7, 11) is 0. The molecule has 2 nitrogen and oxygen atoms in total. The maximum absolute atomic E-state index is 13.4. The van der Waals surface area contributed by atoms with E-state index in [1.54, 1.807) is 30.7 Å². The van der Waals surface area contributed by atoms with Crippen LogP contribution < -0.4 is 0 Å². The van der Waals surface area contributed by atoms with E-state index < -0.39 is 0 Å². The van der Waals surface area contributed by atoms with Gasteiger partial charge >= 0.3 is 0 Å². The van der Waals surface area contributed by atoms with E-state index in [9.17, 15) is 4.39 Å². The van der Waals surface area contributed by atoms with Crippen molar-refractivity contribution >= 4 is 11.6 Å². The average molecular weight is 223 g/mol. The highest BCUT2D eigenvalue weighted by Crippen LogP contribution is 2.19. The van der Waals surface area contributed by atoms with Gasteiger partial charge in [0.25, 0.3) is 0 Å². The number of halogens is 2. The molecular weight excluding hydrogens is 215 g/mol. The van der Waals surface area contributed by atoms with E-state index in [4.69, 9.17) is 11.6 Å². The molecule has 0 radical (unpaired) electrons. The molecule has 0 spiro atoms. The number of nitrogens with zero attached hydrogens (tertiary/aromatic N) is 2. The van der Waals surface area contributed by atoms with E-state index in [-0.39, 0.29) is 17.4 Å². The van der Waals surface area contributed by atoms with Crippen LogP contribution in [-0.2, 0) is 5.88 Å².